The minimum absolute atomic E-state index is 0.0988. The molecule has 0 aliphatic heterocycles. The van der Waals surface area contributed by atoms with E-state index in [1.54, 1.807) is 6.92 Å². The summed E-state index contributed by atoms with van der Waals surface area (Å²) in [5, 5.41) is 12.1. The second kappa shape index (κ2) is 14.7. The summed E-state index contributed by atoms with van der Waals surface area (Å²) in [7, 11) is -4.03. The van der Waals surface area contributed by atoms with Gasteiger partial charge in [-0.3, -0.25) is 0 Å². The van der Waals surface area contributed by atoms with Crippen molar-refractivity contribution in [3.8, 4) is 6.07 Å². The number of aryl methyl sites for hydroxylation is 2. The van der Waals surface area contributed by atoms with Crippen molar-refractivity contribution in [2.75, 3.05) is 20.4 Å². The number of rotatable bonds is 15. The molecule has 1 aromatic heterocycles. The number of hydrogen-bond donors (Lipinski definition) is 4. The van der Waals surface area contributed by atoms with Gasteiger partial charge in [0.05, 0.1) is 0 Å². The van der Waals surface area contributed by atoms with Crippen LogP contribution in [0.3, 0.4) is 0 Å². The molecule has 50 heavy (non-hydrogen) atoms. The summed E-state index contributed by atoms with van der Waals surface area (Å²) >= 11 is 0. The van der Waals surface area contributed by atoms with Crippen molar-refractivity contribution < 1.29 is 24.2 Å². The van der Waals surface area contributed by atoms with Crippen LogP contribution >= 0.6 is 7.28 Å². The van der Waals surface area contributed by atoms with Gasteiger partial charge in [-0.1, -0.05) is 0 Å². The van der Waals surface area contributed by atoms with E-state index < -0.39 is 53.3 Å². The fourth-order valence-corrected chi connectivity index (χ4v) is 10.7. The Morgan fingerprint density at radius 1 is 0.820 bits per heavy atom. The third-order valence-electron chi connectivity index (χ3n) is 9.60. The summed E-state index contributed by atoms with van der Waals surface area (Å²) in [5.41, 5.74) is -5.87. The zero-order valence-electron chi connectivity index (χ0n) is 29.8. The molecule has 0 bridgehead atoms. The van der Waals surface area contributed by atoms with E-state index in [-0.39, 0.29) is 18.5 Å². The summed E-state index contributed by atoms with van der Waals surface area (Å²) in [6, 6.07) is 29.5. The van der Waals surface area contributed by atoms with Crippen LogP contribution in [0, 0.1) is 18.3 Å². The normalized spacial score (nSPS) is 14.7. The fraction of sp³-hybridized carbons (Fsp3) is 0.395. The number of benzene rings is 3. The third kappa shape index (κ3) is 6.16. The first-order valence-electron chi connectivity index (χ1n) is 16.6. The molecule has 12 heteroatoms. The van der Waals surface area contributed by atoms with Crippen LogP contribution in [0.4, 0.5) is 0 Å². The van der Waals surface area contributed by atoms with Gasteiger partial charge in [-0.05, 0) is 0 Å². The third-order valence-corrected chi connectivity index (χ3v) is 12.6. The van der Waals surface area contributed by atoms with Gasteiger partial charge in [-0.15, -0.1) is 0 Å². The molecule has 268 valence electrons. The average molecular weight is 705 g/mol. The van der Waals surface area contributed by atoms with Crippen LogP contribution in [0.5, 0.6) is 0 Å². The Balaban J connectivity index is 2.21. The van der Waals surface area contributed by atoms with E-state index in [0.29, 0.717) is 16.7 Å². The number of hydrogen-bond acceptors (Lipinski definition) is 9. The van der Waals surface area contributed by atoms with Crippen molar-refractivity contribution in [2.45, 2.75) is 76.2 Å². The molecule has 4 aromatic rings. The van der Waals surface area contributed by atoms with E-state index >= 15 is 0 Å². The molecular formula is C38H49N4O7P. The molecule has 11 nitrogen and oxygen atoms in total. The Morgan fingerprint density at radius 3 is 1.60 bits per heavy atom. The first kappa shape index (κ1) is 38.8. The molecule has 0 amide bonds. The Bertz CT molecular complexity index is 1790. The predicted octanol–water partition coefficient (Wildman–Crippen LogP) is 4.87. The average Bonchev–Trinajstić information content (AvgIpc) is 3.08. The van der Waals surface area contributed by atoms with E-state index in [1.165, 1.54) is 25.0 Å². The second-order valence-electron chi connectivity index (χ2n) is 13.2. The van der Waals surface area contributed by atoms with E-state index in [4.69, 9.17) is 9.47 Å². The first-order valence-corrected chi connectivity index (χ1v) is 18.9. The number of ether oxygens (including phenoxy) is 2. The van der Waals surface area contributed by atoms with E-state index in [1.807, 2.05) is 124 Å². The van der Waals surface area contributed by atoms with Gasteiger partial charge in [0.15, 0.2) is 0 Å². The molecule has 0 saturated carbocycles. The summed E-state index contributed by atoms with van der Waals surface area (Å²) in [6.07, 6.45) is 0.479. The molecule has 4 N–H and O–H groups in total. The Kier molecular flexibility index (Phi) is 11.4. The van der Waals surface area contributed by atoms with Gasteiger partial charge in [0.25, 0.3) is 0 Å². The Morgan fingerprint density at radius 2 is 1.24 bits per heavy atom. The molecular weight excluding hydrogens is 655 g/mol. The number of nitrogens with zero attached hydrogens (tertiary/aromatic N) is 3. The number of aromatic amines is 1. The van der Waals surface area contributed by atoms with E-state index in [2.05, 4.69) is 11.1 Å². The first-order chi connectivity index (χ1) is 23.6. The van der Waals surface area contributed by atoms with Crippen LogP contribution in [-0.4, -0.2) is 72.7 Å². The number of H-pyrrole nitrogens is 1. The molecule has 0 radical (unpaired) electrons. The Labute approximate surface area is 293 Å². The van der Waals surface area contributed by atoms with E-state index in [0.717, 1.165) is 0 Å². The van der Waals surface area contributed by atoms with Gasteiger partial charge in [0.1, 0.15) is 0 Å². The van der Waals surface area contributed by atoms with Crippen LogP contribution in [0.15, 0.2) is 107 Å². The van der Waals surface area contributed by atoms with Crippen molar-refractivity contribution in [3.63, 3.8) is 0 Å². The van der Waals surface area contributed by atoms with Crippen LogP contribution in [0.2, 0.25) is 0 Å². The summed E-state index contributed by atoms with van der Waals surface area (Å²) in [5.74, 6) is 0. The molecule has 0 aliphatic carbocycles. The minimum atomic E-state index is -6.42. The van der Waals surface area contributed by atoms with Crippen LogP contribution in [-0.2, 0) is 21.4 Å². The van der Waals surface area contributed by atoms with Crippen molar-refractivity contribution in [2.24, 2.45) is 0 Å². The van der Waals surface area contributed by atoms with Gasteiger partial charge < -0.3 is 0 Å². The summed E-state index contributed by atoms with van der Waals surface area (Å²) in [4.78, 5) is 66.7. The number of aromatic nitrogens is 2. The van der Waals surface area contributed by atoms with Crippen molar-refractivity contribution in [1.82, 2.24) is 14.5 Å². The number of nitriles is 1. The maximum atomic E-state index is 12.7. The zero-order chi connectivity index (χ0) is 37.0. The number of methoxy groups -OCH3 is 2. The van der Waals surface area contributed by atoms with Gasteiger partial charge in [0, 0.05) is 0 Å². The van der Waals surface area contributed by atoms with Crippen molar-refractivity contribution in [1.29, 1.82) is 5.26 Å². The SMILES string of the molecule is COC(OC)(C(C#N)(N(C(C)C)C(C)C)C(c1ccccc1)(c1ccccc1)c1ccccc1)P(O)(O)(O)CCCn1cc(C)c(=O)[nH]c1=O. The molecule has 1 heterocycles. The molecule has 0 fully saturated rings. The monoisotopic (exact) mass is 704 g/mol. The molecule has 4 rings (SSSR count). The van der Waals surface area contributed by atoms with Gasteiger partial charge >= 0.3 is 294 Å². The predicted molar refractivity (Wildman–Crippen MR) is 196 cm³/mol. The molecule has 0 saturated heterocycles. The summed E-state index contributed by atoms with van der Waals surface area (Å²) in [6.45, 7) is 9.00. The molecule has 0 aliphatic rings. The zero-order valence-corrected chi connectivity index (χ0v) is 30.7. The van der Waals surface area contributed by atoms with E-state index in [9.17, 15) is 29.5 Å². The fourth-order valence-electron chi connectivity index (χ4n) is 7.92. The van der Waals surface area contributed by atoms with Gasteiger partial charge in [-0.25, -0.2) is 0 Å². The second-order valence-corrected chi connectivity index (χ2v) is 16.6. The molecule has 1 atom stereocenters. The van der Waals surface area contributed by atoms with Crippen LogP contribution < -0.4 is 11.2 Å². The standard InChI is InChI=1S/C38H49N4O7P/c1-28(2)42(29(3)4)36(27-39,37(31-18-11-8-12-19-31,32-20-13-9-14-21-32)33-22-15-10-16-23-33)38(48-6,49-7)50(45,46,47)25-17-24-41-26-30(5)34(43)40-35(41)44/h8-16,18-23,26,28-29,45-47H,17,24-25H2,1-7H3,(H,40,43,44). The molecule has 0 spiro atoms. The molecule has 1 unspecified atom stereocenters. The number of nitrogens with one attached hydrogen (secondary N) is 1. The van der Waals surface area contributed by atoms with Crippen LogP contribution in [0.25, 0.3) is 0 Å². The van der Waals surface area contributed by atoms with Gasteiger partial charge in [-0.2, -0.15) is 0 Å². The van der Waals surface area contributed by atoms with Gasteiger partial charge in [0.2, 0.25) is 0 Å². The maximum absolute atomic E-state index is 12.7. The molecule has 3 aromatic carbocycles. The summed E-state index contributed by atoms with van der Waals surface area (Å²) < 4.78 is 13.7. The quantitative estimate of drug-likeness (QED) is 0.0769. The Hall–Kier alpha value is -3.98. The van der Waals surface area contributed by atoms with Crippen molar-refractivity contribution in [3.05, 3.63) is 140 Å². The topological polar surface area (TPSA) is 161 Å². The van der Waals surface area contributed by atoms with Crippen molar-refractivity contribution >= 4 is 7.28 Å². The van der Waals surface area contributed by atoms with Crippen LogP contribution in [0.1, 0.15) is 56.4 Å².